The second-order valence-corrected chi connectivity index (χ2v) is 12.9. The lowest BCUT2D eigenvalue weighted by Gasteiger charge is -2.13. The Balaban J connectivity index is 1.68. The van der Waals surface area contributed by atoms with Gasteiger partial charge in [-0.1, -0.05) is 40.2 Å². The molecule has 4 rings (SSSR count). The Bertz CT molecular complexity index is 1770. The molecule has 0 fully saturated rings. The zero-order valence-corrected chi connectivity index (χ0v) is 24.0. The van der Waals surface area contributed by atoms with E-state index in [4.69, 9.17) is 0 Å². The van der Waals surface area contributed by atoms with Crippen LogP contribution in [0.15, 0.2) is 65.3 Å². The molecule has 0 aliphatic heterocycles. The first-order chi connectivity index (χ1) is 18.4. The number of nitrogens with zero attached hydrogens (tertiary/aromatic N) is 3. The molecule has 204 valence electrons. The number of fused-ring (bicyclic) bond motifs is 1. The van der Waals surface area contributed by atoms with Gasteiger partial charge in [-0.2, -0.15) is 4.98 Å². The predicted octanol–water partition coefficient (Wildman–Crippen LogP) is 2.85. The topological polar surface area (TPSA) is 172 Å². The summed E-state index contributed by atoms with van der Waals surface area (Å²) in [5.74, 6) is -0.325. The molecular weight excluding hydrogens is 610 g/mol. The van der Waals surface area contributed by atoms with Crippen LogP contribution >= 0.6 is 15.9 Å². The number of sulfonamides is 2. The van der Waals surface area contributed by atoms with E-state index < -0.39 is 26.0 Å². The molecule has 0 aliphatic rings. The van der Waals surface area contributed by atoms with E-state index >= 15 is 0 Å². The van der Waals surface area contributed by atoms with Crippen LogP contribution in [0.4, 0.5) is 17.3 Å². The Morgan fingerprint density at radius 1 is 0.872 bits per heavy atom. The van der Waals surface area contributed by atoms with E-state index in [0.29, 0.717) is 22.3 Å². The fraction of sp³-hybridized carbons (Fsp3) is 0.167. The highest BCUT2D eigenvalue weighted by molar-refractivity contribution is 9.10. The van der Waals surface area contributed by atoms with Crippen LogP contribution in [-0.4, -0.2) is 63.3 Å². The highest BCUT2D eigenvalue weighted by Crippen LogP contribution is 2.32. The molecule has 1 amide bonds. The molecule has 39 heavy (non-hydrogen) atoms. The molecule has 15 heteroatoms. The fourth-order valence-electron chi connectivity index (χ4n) is 3.58. The molecule has 0 bridgehead atoms. The number of anilines is 3. The van der Waals surface area contributed by atoms with Crippen LogP contribution in [0.1, 0.15) is 10.5 Å². The summed E-state index contributed by atoms with van der Waals surface area (Å²) in [6.45, 7) is 0.0709. The zero-order chi connectivity index (χ0) is 28.2. The normalized spacial score (nSPS) is 11.8. The number of halogens is 1. The van der Waals surface area contributed by atoms with E-state index in [1.807, 2.05) is 24.3 Å². The lowest BCUT2D eigenvalue weighted by Crippen LogP contribution is -2.34. The minimum atomic E-state index is -3.45. The first kappa shape index (κ1) is 28.4. The summed E-state index contributed by atoms with van der Waals surface area (Å²) in [4.78, 5) is 26.5. The highest BCUT2D eigenvalue weighted by Gasteiger charge is 2.19. The van der Waals surface area contributed by atoms with E-state index in [0.717, 1.165) is 22.5 Å². The van der Waals surface area contributed by atoms with Gasteiger partial charge in [0.15, 0.2) is 5.65 Å². The number of amides is 1. The van der Waals surface area contributed by atoms with Crippen LogP contribution < -0.4 is 20.1 Å². The van der Waals surface area contributed by atoms with Crippen LogP contribution in [0.5, 0.6) is 0 Å². The first-order valence-corrected chi connectivity index (χ1v) is 16.0. The molecule has 12 nitrogen and oxygen atoms in total. The van der Waals surface area contributed by atoms with Crippen LogP contribution in [-0.2, 0) is 20.0 Å². The van der Waals surface area contributed by atoms with Crippen LogP contribution in [0.25, 0.3) is 22.2 Å². The van der Waals surface area contributed by atoms with E-state index in [2.05, 4.69) is 51.0 Å². The molecule has 2 aromatic heterocycles. The van der Waals surface area contributed by atoms with Gasteiger partial charge in [0.1, 0.15) is 5.69 Å². The summed E-state index contributed by atoms with van der Waals surface area (Å²) in [6.07, 6.45) is 3.66. The number of hydrogen-bond donors (Lipinski definition) is 4. The number of nitrogens with one attached hydrogen (secondary N) is 4. The maximum atomic E-state index is 13.2. The van der Waals surface area contributed by atoms with Gasteiger partial charge in [-0.25, -0.2) is 31.5 Å². The van der Waals surface area contributed by atoms with Crippen molar-refractivity contribution < 1.29 is 21.6 Å². The van der Waals surface area contributed by atoms with Crippen molar-refractivity contribution >= 4 is 70.2 Å². The van der Waals surface area contributed by atoms with E-state index in [-0.39, 0.29) is 30.4 Å². The Hall–Kier alpha value is -3.66. The summed E-state index contributed by atoms with van der Waals surface area (Å²) in [6, 6.07) is 15.7. The zero-order valence-electron chi connectivity index (χ0n) is 20.8. The second kappa shape index (κ2) is 11.6. The van der Waals surface area contributed by atoms with Gasteiger partial charge < -0.3 is 10.6 Å². The average molecular weight is 635 g/mol. The largest absolute Gasteiger partial charge is 0.349 e. The number of aromatic nitrogens is 3. The van der Waals surface area contributed by atoms with Crippen molar-refractivity contribution in [1.82, 2.24) is 25.0 Å². The van der Waals surface area contributed by atoms with Gasteiger partial charge in [-0.15, -0.1) is 0 Å². The predicted molar refractivity (Wildman–Crippen MR) is 154 cm³/mol. The number of carbonyl (C=O) groups is 1. The number of rotatable bonds is 10. The third-order valence-electron chi connectivity index (χ3n) is 5.14. The first-order valence-electron chi connectivity index (χ1n) is 11.4. The molecule has 0 saturated heterocycles. The molecule has 0 radical (unpaired) electrons. The summed E-state index contributed by atoms with van der Waals surface area (Å²) >= 11 is 3.52. The van der Waals surface area contributed by atoms with Gasteiger partial charge in [0.25, 0.3) is 5.91 Å². The molecule has 4 N–H and O–H groups in total. The Morgan fingerprint density at radius 3 is 2.33 bits per heavy atom. The van der Waals surface area contributed by atoms with Gasteiger partial charge in [-0.3, -0.25) is 9.52 Å². The van der Waals surface area contributed by atoms with Crippen molar-refractivity contribution in [3.8, 4) is 11.1 Å². The van der Waals surface area contributed by atoms with Crippen molar-refractivity contribution in [2.45, 2.75) is 0 Å². The number of benzene rings is 2. The molecule has 4 aromatic rings. The standard InChI is InChI=1S/C24H24BrN7O5S2/c1-38(34,35)28-11-10-26-23(33)21-19(18-8-3-4-9-20(18)25)12-15-14-27-24(31-22(15)30-21)29-16-6-5-7-17(13-16)32-39(2,36)37/h3-9,12-14,28,32H,10-11H2,1-2H3,(H,26,33)(H,27,29,30,31). The second-order valence-electron chi connectivity index (χ2n) is 8.47. The molecule has 0 aliphatic carbocycles. The van der Waals surface area contributed by atoms with Crippen molar-refractivity contribution in [2.24, 2.45) is 0 Å². The highest BCUT2D eigenvalue weighted by atomic mass is 79.9. The summed E-state index contributed by atoms with van der Waals surface area (Å²) in [5.41, 5.74) is 2.50. The number of hydrogen-bond acceptors (Lipinski definition) is 9. The number of carbonyl (C=O) groups excluding carboxylic acids is 1. The monoisotopic (exact) mass is 633 g/mol. The van der Waals surface area contributed by atoms with Gasteiger partial charge in [0, 0.05) is 40.4 Å². The Kier molecular flexibility index (Phi) is 8.44. The third kappa shape index (κ3) is 7.92. The van der Waals surface area contributed by atoms with E-state index in [9.17, 15) is 21.6 Å². The maximum Gasteiger partial charge on any atom is 0.270 e. The molecule has 0 unspecified atom stereocenters. The lowest BCUT2D eigenvalue weighted by molar-refractivity contribution is 0.0950. The van der Waals surface area contributed by atoms with Crippen molar-refractivity contribution in [3.63, 3.8) is 0 Å². The molecular formula is C24H24BrN7O5S2. The SMILES string of the molecule is CS(=O)(=O)NCCNC(=O)c1nc2nc(Nc3cccc(NS(C)(=O)=O)c3)ncc2cc1-c1ccccc1Br. The lowest BCUT2D eigenvalue weighted by atomic mass is 10.0. The molecule has 2 aromatic carbocycles. The molecule has 0 saturated carbocycles. The van der Waals surface area contributed by atoms with Crippen LogP contribution in [0.2, 0.25) is 0 Å². The summed E-state index contributed by atoms with van der Waals surface area (Å²) in [5, 5.41) is 6.28. The van der Waals surface area contributed by atoms with Crippen molar-refractivity contribution in [1.29, 1.82) is 0 Å². The van der Waals surface area contributed by atoms with Gasteiger partial charge in [0.2, 0.25) is 26.0 Å². The third-order valence-corrected chi connectivity index (χ3v) is 7.17. The minimum Gasteiger partial charge on any atom is -0.349 e. The molecule has 0 atom stereocenters. The summed E-state index contributed by atoms with van der Waals surface area (Å²) in [7, 11) is -6.84. The Labute approximate surface area is 233 Å². The molecule has 2 heterocycles. The maximum absolute atomic E-state index is 13.2. The van der Waals surface area contributed by atoms with Gasteiger partial charge >= 0.3 is 0 Å². The fourth-order valence-corrected chi connectivity index (χ4v) is 5.11. The van der Waals surface area contributed by atoms with Crippen LogP contribution in [0, 0.1) is 0 Å². The average Bonchev–Trinajstić information content (AvgIpc) is 2.85. The smallest absolute Gasteiger partial charge is 0.270 e. The van der Waals surface area contributed by atoms with Crippen LogP contribution in [0.3, 0.4) is 0 Å². The van der Waals surface area contributed by atoms with Crippen molar-refractivity contribution in [3.05, 3.63) is 71.0 Å². The quantitative estimate of drug-likeness (QED) is 0.192. The van der Waals surface area contributed by atoms with Gasteiger partial charge in [-0.05, 0) is 35.9 Å². The van der Waals surface area contributed by atoms with E-state index in [1.165, 1.54) is 0 Å². The Morgan fingerprint density at radius 2 is 1.62 bits per heavy atom. The summed E-state index contributed by atoms with van der Waals surface area (Å²) < 4.78 is 51.2. The minimum absolute atomic E-state index is 0.0199. The van der Waals surface area contributed by atoms with E-state index in [1.54, 1.807) is 36.5 Å². The number of pyridine rings is 1. The molecule has 0 spiro atoms. The van der Waals surface area contributed by atoms with Gasteiger partial charge in [0.05, 0.1) is 18.2 Å². The van der Waals surface area contributed by atoms with Crippen molar-refractivity contribution in [2.75, 3.05) is 35.6 Å².